The Morgan fingerprint density at radius 1 is 1.00 bits per heavy atom. The minimum Gasteiger partial charge on any atom is -0.464 e. The maximum absolute atomic E-state index is 12.7. The molecule has 5 aromatic rings. The molecule has 0 radical (unpaired) electrons. The first-order valence-corrected chi connectivity index (χ1v) is 12.1. The van der Waals surface area contributed by atoms with Gasteiger partial charge in [0.1, 0.15) is 11.2 Å². The summed E-state index contributed by atoms with van der Waals surface area (Å²) in [5.74, 6) is -0.471. The SMILES string of the molecule is Cc1c(CC(=O)NC(=S)Nc2ccc(Cl)cc2Cl)c(=O)oc2cc3occ(-c4ccccc4)c3cc12. The Hall–Kier alpha value is -3.65. The summed E-state index contributed by atoms with van der Waals surface area (Å²) < 4.78 is 11.3. The van der Waals surface area contributed by atoms with Crippen LogP contribution in [0, 0.1) is 6.92 Å². The zero-order chi connectivity index (χ0) is 25.4. The Labute approximate surface area is 220 Å². The average molecular weight is 537 g/mol. The number of hydrogen-bond acceptors (Lipinski definition) is 5. The number of aryl methyl sites for hydroxylation is 1. The number of carbonyl (C=O) groups excluding carboxylic acids is 1. The van der Waals surface area contributed by atoms with Crippen LogP contribution in [0.4, 0.5) is 5.69 Å². The first-order chi connectivity index (χ1) is 17.3. The summed E-state index contributed by atoms with van der Waals surface area (Å²) in [4.78, 5) is 25.5. The van der Waals surface area contributed by atoms with E-state index in [4.69, 9.17) is 44.3 Å². The molecule has 9 heteroatoms. The molecule has 0 saturated carbocycles. The monoisotopic (exact) mass is 536 g/mol. The van der Waals surface area contributed by atoms with Gasteiger partial charge >= 0.3 is 5.63 Å². The van der Waals surface area contributed by atoms with Crippen molar-refractivity contribution in [2.45, 2.75) is 13.3 Å². The zero-order valence-corrected chi connectivity index (χ0v) is 21.2. The minimum absolute atomic E-state index is 0.0414. The Kier molecular flexibility index (Phi) is 6.53. The van der Waals surface area contributed by atoms with Gasteiger partial charge in [0, 0.05) is 27.4 Å². The summed E-state index contributed by atoms with van der Waals surface area (Å²) in [6.45, 7) is 1.79. The molecule has 0 atom stereocenters. The molecule has 3 aromatic carbocycles. The van der Waals surface area contributed by atoms with Crippen LogP contribution >= 0.6 is 35.4 Å². The number of amides is 1. The van der Waals surface area contributed by atoms with E-state index in [0.717, 1.165) is 21.9 Å². The van der Waals surface area contributed by atoms with Gasteiger partial charge in [-0.1, -0.05) is 53.5 Å². The standard InChI is InChI=1S/C27H18Cl2N2O4S/c1-14-17-10-19-20(15-5-3-2-4-6-15)13-34-23(19)12-24(17)35-26(33)18(14)11-25(32)31-27(36)30-22-8-7-16(28)9-21(22)29/h2-10,12-13H,11H2,1H3,(H2,30,31,32,36). The number of carbonyl (C=O) groups is 1. The second kappa shape index (κ2) is 9.78. The summed E-state index contributed by atoms with van der Waals surface area (Å²) in [6, 6.07) is 18.3. The van der Waals surface area contributed by atoms with Crippen LogP contribution in [-0.2, 0) is 11.2 Å². The van der Waals surface area contributed by atoms with Gasteiger partial charge in [-0.3, -0.25) is 4.79 Å². The quantitative estimate of drug-likeness (QED) is 0.192. The Bertz CT molecular complexity index is 1710. The van der Waals surface area contributed by atoms with Crippen LogP contribution in [-0.4, -0.2) is 11.0 Å². The summed E-state index contributed by atoms with van der Waals surface area (Å²) >= 11 is 17.3. The summed E-state index contributed by atoms with van der Waals surface area (Å²) in [5, 5.41) is 7.89. The van der Waals surface area contributed by atoms with Crippen molar-refractivity contribution in [2.24, 2.45) is 0 Å². The highest BCUT2D eigenvalue weighted by molar-refractivity contribution is 7.80. The van der Waals surface area contributed by atoms with Crippen molar-refractivity contribution >= 4 is 74.1 Å². The van der Waals surface area contributed by atoms with E-state index >= 15 is 0 Å². The maximum Gasteiger partial charge on any atom is 0.340 e. The van der Waals surface area contributed by atoms with E-state index in [9.17, 15) is 9.59 Å². The van der Waals surface area contributed by atoms with Crippen LogP contribution in [0.25, 0.3) is 33.1 Å². The highest BCUT2D eigenvalue weighted by Gasteiger charge is 2.18. The number of thiocarbonyl (C=S) groups is 1. The van der Waals surface area contributed by atoms with Gasteiger partial charge in [0.05, 0.1) is 29.0 Å². The Morgan fingerprint density at radius 3 is 2.53 bits per heavy atom. The van der Waals surface area contributed by atoms with E-state index in [1.807, 2.05) is 36.4 Å². The molecular weight excluding hydrogens is 519 g/mol. The molecule has 180 valence electrons. The van der Waals surface area contributed by atoms with Crippen molar-refractivity contribution < 1.29 is 13.6 Å². The van der Waals surface area contributed by atoms with Gasteiger partial charge in [0.15, 0.2) is 5.11 Å². The van der Waals surface area contributed by atoms with Crippen LogP contribution < -0.4 is 16.3 Å². The number of fused-ring (bicyclic) bond motifs is 2. The summed E-state index contributed by atoms with van der Waals surface area (Å²) in [7, 11) is 0. The third kappa shape index (κ3) is 4.73. The van der Waals surface area contributed by atoms with Gasteiger partial charge in [0.25, 0.3) is 0 Å². The minimum atomic E-state index is -0.594. The van der Waals surface area contributed by atoms with E-state index in [2.05, 4.69) is 10.6 Å². The maximum atomic E-state index is 12.7. The molecule has 0 saturated heterocycles. The smallest absolute Gasteiger partial charge is 0.340 e. The fourth-order valence-electron chi connectivity index (χ4n) is 4.03. The van der Waals surface area contributed by atoms with Gasteiger partial charge in [-0.25, -0.2) is 4.79 Å². The number of nitrogens with one attached hydrogen (secondary N) is 2. The predicted molar refractivity (Wildman–Crippen MR) is 147 cm³/mol. The first kappa shape index (κ1) is 24.1. The summed E-state index contributed by atoms with van der Waals surface area (Å²) in [5.41, 5.74) is 3.72. The third-order valence-electron chi connectivity index (χ3n) is 5.84. The van der Waals surface area contributed by atoms with Gasteiger partial charge in [0.2, 0.25) is 5.91 Å². The third-order valence-corrected chi connectivity index (χ3v) is 6.59. The molecule has 2 N–H and O–H groups in total. The molecule has 0 aliphatic rings. The largest absolute Gasteiger partial charge is 0.464 e. The van der Waals surface area contributed by atoms with Crippen molar-refractivity contribution in [3.8, 4) is 11.1 Å². The molecule has 36 heavy (non-hydrogen) atoms. The molecule has 1 amide bonds. The van der Waals surface area contributed by atoms with Gasteiger partial charge < -0.3 is 19.5 Å². The molecule has 2 heterocycles. The molecular formula is C27H18Cl2N2O4S. The Balaban J connectivity index is 1.42. The van der Waals surface area contributed by atoms with Gasteiger partial charge in [-0.2, -0.15) is 0 Å². The number of hydrogen-bond donors (Lipinski definition) is 2. The van der Waals surface area contributed by atoms with Crippen LogP contribution in [0.15, 0.2) is 80.6 Å². The van der Waals surface area contributed by atoms with E-state index in [-0.39, 0.29) is 17.1 Å². The van der Waals surface area contributed by atoms with E-state index in [0.29, 0.717) is 32.5 Å². The fraction of sp³-hybridized carbons (Fsp3) is 0.0741. The average Bonchev–Trinajstić information content (AvgIpc) is 3.26. The van der Waals surface area contributed by atoms with Gasteiger partial charge in [-0.15, -0.1) is 0 Å². The second-order valence-corrected chi connectivity index (χ2v) is 9.41. The summed E-state index contributed by atoms with van der Waals surface area (Å²) in [6.07, 6.45) is 1.47. The number of anilines is 1. The van der Waals surface area contributed by atoms with Crippen molar-refractivity contribution in [1.82, 2.24) is 5.32 Å². The van der Waals surface area contributed by atoms with E-state index in [1.54, 1.807) is 37.5 Å². The topological polar surface area (TPSA) is 84.5 Å². The van der Waals surface area contributed by atoms with Crippen LogP contribution in [0.5, 0.6) is 0 Å². The molecule has 0 unspecified atom stereocenters. The molecule has 6 nitrogen and oxygen atoms in total. The molecule has 0 aliphatic heterocycles. The number of benzene rings is 3. The molecule has 5 rings (SSSR count). The van der Waals surface area contributed by atoms with Crippen molar-refractivity contribution in [3.63, 3.8) is 0 Å². The highest BCUT2D eigenvalue weighted by Crippen LogP contribution is 2.34. The predicted octanol–water partition coefficient (Wildman–Crippen LogP) is 6.88. The van der Waals surface area contributed by atoms with Gasteiger partial charge in [-0.05, 0) is 54.5 Å². The van der Waals surface area contributed by atoms with Crippen molar-refractivity contribution in [3.05, 3.63) is 98.5 Å². The number of rotatable bonds is 4. The van der Waals surface area contributed by atoms with Crippen LogP contribution in [0.3, 0.4) is 0 Å². The lowest BCUT2D eigenvalue weighted by Crippen LogP contribution is -2.36. The molecule has 2 aromatic heterocycles. The van der Waals surface area contributed by atoms with E-state index in [1.165, 1.54) is 0 Å². The van der Waals surface area contributed by atoms with Crippen LogP contribution in [0.1, 0.15) is 11.1 Å². The molecule has 0 aliphatic carbocycles. The zero-order valence-electron chi connectivity index (χ0n) is 18.9. The first-order valence-electron chi connectivity index (χ1n) is 10.9. The highest BCUT2D eigenvalue weighted by atomic mass is 35.5. The molecule has 0 bridgehead atoms. The second-order valence-electron chi connectivity index (χ2n) is 8.16. The Morgan fingerprint density at radius 2 is 1.78 bits per heavy atom. The number of halogens is 2. The normalized spacial score (nSPS) is 11.1. The van der Waals surface area contributed by atoms with E-state index < -0.39 is 11.5 Å². The lowest BCUT2D eigenvalue weighted by atomic mass is 9.99. The molecule has 0 spiro atoms. The lowest BCUT2D eigenvalue weighted by Gasteiger charge is -2.12. The molecule has 0 fully saturated rings. The lowest BCUT2D eigenvalue weighted by molar-refractivity contribution is -0.119. The van der Waals surface area contributed by atoms with Crippen molar-refractivity contribution in [1.29, 1.82) is 0 Å². The van der Waals surface area contributed by atoms with Crippen molar-refractivity contribution in [2.75, 3.05) is 5.32 Å². The van der Waals surface area contributed by atoms with Crippen LogP contribution in [0.2, 0.25) is 10.0 Å². The fourth-order valence-corrected chi connectivity index (χ4v) is 4.71. The number of furan rings is 1.